The van der Waals surface area contributed by atoms with Crippen molar-refractivity contribution in [2.24, 2.45) is 0 Å². The molecular weight excluding hydrogens is 362 g/mol. The second kappa shape index (κ2) is 9.14. The number of hydrogen-bond donors (Lipinski definition) is 1. The van der Waals surface area contributed by atoms with Crippen molar-refractivity contribution in [2.75, 3.05) is 18.5 Å². The minimum Gasteiger partial charge on any atom is -0.462 e. The normalized spacial score (nSPS) is 10.6. The molecule has 0 fully saturated rings. The highest BCUT2D eigenvalue weighted by Crippen LogP contribution is 2.27. The van der Waals surface area contributed by atoms with Gasteiger partial charge in [-0.05, 0) is 53.9 Å². The SMILES string of the molecule is CCOC(=O)c1sc(NC(=O)COC(=O)/C=C/c2ccsc2)cc1C. The summed E-state index contributed by atoms with van der Waals surface area (Å²) in [5.74, 6) is -1.50. The third kappa shape index (κ3) is 5.84. The first-order valence-electron chi connectivity index (χ1n) is 7.44. The molecule has 0 aliphatic heterocycles. The Labute approximate surface area is 153 Å². The van der Waals surface area contributed by atoms with Gasteiger partial charge in [-0.15, -0.1) is 11.3 Å². The van der Waals surface area contributed by atoms with E-state index in [-0.39, 0.29) is 6.61 Å². The van der Waals surface area contributed by atoms with Crippen LogP contribution >= 0.6 is 22.7 Å². The summed E-state index contributed by atoms with van der Waals surface area (Å²) in [6.45, 7) is 3.36. The Morgan fingerprint density at radius 1 is 1.28 bits per heavy atom. The summed E-state index contributed by atoms with van der Waals surface area (Å²) in [4.78, 5) is 35.6. The van der Waals surface area contributed by atoms with Crippen molar-refractivity contribution in [1.29, 1.82) is 0 Å². The van der Waals surface area contributed by atoms with Gasteiger partial charge >= 0.3 is 11.9 Å². The van der Waals surface area contributed by atoms with Crippen LogP contribution in [0.4, 0.5) is 5.00 Å². The maximum absolute atomic E-state index is 11.8. The molecule has 0 bridgehead atoms. The quantitative estimate of drug-likeness (QED) is 0.588. The molecular formula is C17H17NO5S2. The zero-order valence-corrected chi connectivity index (χ0v) is 15.4. The minimum atomic E-state index is -0.601. The molecule has 8 heteroatoms. The molecule has 1 amide bonds. The monoisotopic (exact) mass is 379 g/mol. The van der Waals surface area contributed by atoms with Crippen LogP contribution in [0.2, 0.25) is 0 Å². The third-order valence-corrected chi connectivity index (χ3v) is 4.78. The van der Waals surface area contributed by atoms with Crippen LogP contribution in [0.5, 0.6) is 0 Å². The smallest absolute Gasteiger partial charge is 0.348 e. The zero-order chi connectivity index (χ0) is 18.2. The Hall–Kier alpha value is -2.45. The van der Waals surface area contributed by atoms with Crippen LogP contribution in [0, 0.1) is 6.92 Å². The highest BCUT2D eigenvalue weighted by molar-refractivity contribution is 7.18. The van der Waals surface area contributed by atoms with Crippen molar-refractivity contribution in [1.82, 2.24) is 0 Å². The molecule has 2 aromatic rings. The summed E-state index contributed by atoms with van der Waals surface area (Å²) in [7, 11) is 0. The lowest BCUT2D eigenvalue weighted by atomic mass is 10.3. The van der Waals surface area contributed by atoms with E-state index in [4.69, 9.17) is 9.47 Å². The summed E-state index contributed by atoms with van der Waals surface area (Å²) < 4.78 is 9.82. The first-order chi connectivity index (χ1) is 12.0. The van der Waals surface area contributed by atoms with Gasteiger partial charge in [-0.2, -0.15) is 11.3 Å². The number of aryl methyl sites for hydroxylation is 1. The topological polar surface area (TPSA) is 81.7 Å². The molecule has 0 aromatic carbocycles. The summed E-state index contributed by atoms with van der Waals surface area (Å²) in [5.41, 5.74) is 1.61. The molecule has 0 atom stereocenters. The van der Waals surface area contributed by atoms with Gasteiger partial charge in [-0.1, -0.05) is 0 Å². The van der Waals surface area contributed by atoms with E-state index in [9.17, 15) is 14.4 Å². The number of hydrogen-bond acceptors (Lipinski definition) is 7. The van der Waals surface area contributed by atoms with E-state index in [0.717, 1.165) is 22.5 Å². The fraction of sp³-hybridized carbons (Fsp3) is 0.235. The predicted octanol–water partition coefficient (Wildman–Crippen LogP) is 3.49. The van der Waals surface area contributed by atoms with Crippen LogP contribution in [0.15, 0.2) is 29.0 Å². The number of esters is 2. The van der Waals surface area contributed by atoms with Crippen molar-refractivity contribution in [2.45, 2.75) is 13.8 Å². The summed E-state index contributed by atoms with van der Waals surface area (Å²) in [5, 5.41) is 6.87. The number of thiophene rings is 2. The highest BCUT2D eigenvalue weighted by Gasteiger charge is 2.16. The van der Waals surface area contributed by atoms with Gasteiger partial charge < -0.3 is 14.8 Å². The van der Waals surface area contributed by atoms with Gasteiger partial charge in [0, 0.05) is 6.08 Å². The molecule has 0 saturated carbocycles. The van der Waals surface area contributed by atoms with Crippen molar-refractivity contribution in [3.63, 3.8) is 0 Å². The molecule has 0 spiro atoms. The second-order valence-corrected chi connectivity index (χ2v) is 6.72. The first kappa shape index (κ1) is 18.9. The van der Waals surface area contributed by atoms with Crippen LogP contribution in [-0.2, 0) is 19.1 Å². The summed E-state index contributed by atoms with van der Waals surface area (Å²) >= 11 is 2.64. The minimum absolute atomic E-state index is 0.284. The molecule has 2 rings (SSSR count). The van der Waals surface area contributed by atoms with Gasteiger partial charge in [0.15, 0.2) is 6.61 Å². The van der Waals surface area contributed by atoms with Crippen molar-refractivity contribution in [3.05, 3.63) is 45.0 Å². The number of rotatable bonds is 7. The largest absolute Gasteiger partial charge is 0.462 e. The van der Waals surface area contributed by atoms with E-state index < -0.39 is 24.5 Å². The lowest BCUT2D eigenvalue weighted by molar-refractivity contribution is -0.142. The lowest BCUT2D eigenvalue weighted by Crippen LogP contribution is -2.19. The molecule has 0 unspecified atom stereocenters. The number of carbonyl (C=O) groups excluding carboxylic acids is 3. The van der Waals surface area contributed by atoms with Gasteiger partial charge in [0.2, 0.25) is 0 Å². The standard InChI is InChI=1S/C17H17NO5S2/c1-3-22-17(21)16-11(2)8-14(25-16)18-13(19)9-23-15(20)5-4-12-6-7-24-10-12/h4-8,10H,3,9H2,1-2H3,(H,18,19)/b5-4+. The zero-order valence-electron chi connectivity index (χ0n) is 13.7. The molecule has 1 N–H and O–H groups in total. The Bertz CT molecular complexity index is 777. The molecule has 0 aliphatic carbocycles. The van der Waals surface area contributed by atoms with Gasteiger partial charge in [-0.3, -0.25) is 4.79 Å². The van der Waals surface area contributed by atoms with Crippen molar-refractivity contribution >= 4 is 51.6 Å². The Morgan fingerprint density at radius 2 is 2.08 bits per heavy atom. The van der Waals surface area contributed by atoms with Gasteiger partial charge in [0.25, 0.3) is 5.91 Å². The molecule has 2 heterocycles. The Morgan fingerprint density at radius 3 is 2.76 bits per heavy atom. The van der Waals surface area contributed by atoms with E-state index in [1.54, 1.807) is 26.0 Å². The fourth-order valence-corrected chi connectivity index (χ4v) is 3.45. The van der Waals surface area contributed by atoms with Crippen LogP contribution in [0.1, 0.15) is 27.7 Å². The maximum Gasteiger partial charge on any atom is 0.348 e. The third-order valence-electron chi connectivity index (χ3n) is 2.94. The average molecular weight is 379 g/mol. The first-order valence-corrected chi connectivity index (χ1v) is 9.20. The molecule has 2 aromatic heterocycles. The number of amides is 1. The Balaban J connectivity index is 1.83. The molecule has 0 aliphatic rings. The van der Waals surface area contributed by atoms with Crippen LogP contribution < -0.4 is 5.32 Å². The van der Waals surface area contributed by atoms with Crippen molar-refractivity contribution < 1.29 is 23.9 Å². The molecule has 25 heavy (non-hydrogen) atoms. The summed E-state index contributed by atoms with van der Waals surface area (Å²) in [6.07, 6.45) is 2.88. The molecule has 6 nitrogen and oxygen atoms in total. The van der Waals surface area contributed by atoms with E-state index in [1.165, 1.54) is 17.4 Å². The molecule has 0 saturated heterocycles. The highest BCUT2D eigenvalue weighted by atomic mass is 32.1. The van der Waals surface area contributed by atoms with Crippen LogP contribution in [0.3, 0.4) is 0 Å². The van der Waals surface area contributed by atoms with Gasteiger partial charge in [0.1, 0.15) is 4.88 Å². The van der Waals surface area contributed by atoms with E-state index in [2.05, 4.69) is 5.32 Å². The molecule has 0 radical (unpaired) electrons. The van der Waals surface area contributed by atoms with Gasteiger partial charge in [-0.25, -0.2) is 9.59 Å². The predicted molar refractivity (Wildman–Crippen MR) is 98.0 cm³/mol. The number of carbonyl (C=O) groups is 3. The summed E-state index contributed by atoms with van der Waals surface area (Å²) in [6, 6.07) is 3.54. The second-order valence-electron chi connectivity index (χ2n) is 4.89. The lowest BCUT2D eigenvalue weighted by Gasteiger charge is -2.02. The van der Waals surface area contributed by atoms with E-state index in [0.29, 0.717) is 9.88 Å². The average Bonchev–Trinajstić information content (AvgIpc) is 3.21. The van der Waals surface area contributed by atoms with Crippen LogP contribution in [-0.4, -0.2) is 31.1 Å². The van der Waals surface area contributed by atoms with E-state index in [1.807, 2.05) is 16.8 Å². The van der Waals surface area contributed by atoms with E-state index >= 15 is 0 Å². The van der Waals surface area contributed by atoms with Crippen molar-refractivity contribution in [3.8, 4) is 0 Å². The maximum atomic E-state index is 11.8. The number of nitrogens with one attached hydrogen (secondary N) is 1. The molecule has 132 valence electrons. The Kier molecular flexibility index (Phi) is 6.91. The van der Waals surface area contributed by atoms with Gasteiger partial charge in [0.05, 0.1) is 11.6 Å². The number of anilines is 1. The van der Waals surface area contributed by atoms with Crippen LogP contribution in [0.25, 0.3) is 6.08 Å². The number of ether oxygens (including phenoxy) is 2. The fourth-order valence-electron chi connectivity index (χ4n) is 1.84.